The van der Waals surface area contributed by atoms with Crippen LogP contribution in [0.5, 0.6) is 0 Å². The maximum atomic E-state index is 12.9. The molecule has 0 spiro atoms. The molecule has 3 rings (SSSR count). The molecule has 1 heterocycles. The molecular weight excluding hydrogens is 343 g/mol. The van der Waals surface area contributed by atoms with Gasteiger partial charge in [-0.25, -0.2) is 9.18 Å². The van der Waals surface area contributed by atoms with Crippen LogP contribution in [-0.2, 0) is 11.3 Å². The molecule has 0 fully saturated rings. The zero-order valence-corrected chi connectivity index (χ0v) is 13.6. The van der Waals surface area contributed by atoms with E-state index < -0.39 is 10.9 Å². The number of carbonyl (C=O) groups is 1. The maximum absolute atomic E-state index is 12.9. The number of rotatable bonds is 5. The molecule has 0 saturated heterocycles. The van der Waals surface area contributed by atoms with Crippen molar-refractivity contribution in [3.63, 3.8) is 0 Å². The third-order valence-electron chi connectivity index (χ3n) is 3.76. The van der Waals surface area contributed by atoms with Gasteiger partial charge in [0.05, 0.1) is 10.5 Å². The monoisotopic (exact) mass is 356 g/mol. The van der Waals surface area contributed by atoms with E-state index >= 15 is 0 Å². The van der Waals surface area contributed by atoms with Crippen molar-refractivity contribution in [1.82, 2.24) is 5.16 Å². The first-order valence-electron chi connectivity index (χ1n) is 7.58. The number of nitro benzene ring substituents is 1. The van der Waals surface area contributed by atoms with Gasteiger partial charge in [-0.05, 0) is 37.3 Å². The highest BCUT2D eigenvalue weighted by Crippen LogP contribution is 2.23. The highest BCUT2D eigenvalue weighted by atomic mass is 19.1. The summed E-state index contributed by atoms with van der Waals surface area (Å²) in [7, 11) is 0. The molecule has 3 aromatic rings. The van der Waals surface area contributed by atoms with Gasteiger partial charge in [-0.3, -0.25) is 10.1 Å². The molecule has 7 nitrogen and oxygen atoms in total. The van der Waals surface area contributed by atoms with E-state index in [9.17, 15) is 19.3 Å². The average Bonchev–Trinajstić information content (AvgIpc) is 3.09. The Bertz CT molecular complexity index is 966. The molecule has 0 unspecified atom stereocenters. The van der Waals surface area contributed by atoms with Gasteiger partial charge < -0.3 is 9.26 Å². The Hall–Kier alpha value is -3.55. The standard InChI is InChI=1S/C18H13FN2O5/c1-11-15(3-2-4-16(11)21(23)24)18(22)25-10-14-9-17(26-20-14)12-5-7-13(19)8-6-12/h2-9H,10H2,1H3. The molecule has 0 N–H and O–H groups in total. The van der Waals surface area contributed by atoms with Gasteiger partial charge in [0.1, 0.15) is 18.1 Å². The van der Waals surface area contributed by atoms with Gasteiger partial charge in [0.15, 0.2) is 5.76 Å². The van der Waals surface area contributed by atoms with Crippen molar-refractivity contribution in [2.45, 2.75) is 13.5 Å². The number of nitrogens with zero attached hydrogens (tertiary/aromatic N) is 2. The number of esters is 1. The second-order valence-corrected chi connectivity index (χ2v) is 5.47. The number of benzene rings is 2. The fraction of sp³-hybridized carbons (Fsp3) is 0.111. The molecule has 26 heavy (non-hydrogen) atoms. The Labute approximate surface area is 147 Å². The number of hydrogen-bond acceptors (Lipinski definition) is 6. The highest BCUT2D eigenvalue weighted by Gasteiger charge is 2.19. The minimum atomic E-state index is -0.697. The van der Waals surface area contributed by atoms with Crippen molar-refractivity contribution in [3.05, 3.63) is 81.3 Å². The van der Waals surface area contributed by atoms with Crippen LogP contribution < -0.4 is 0 Å². The van der Waals surface area contributed by atoms with E-state index in [-0.39, 0.29) is 29.2 Å². The summed E-state index contributed by atoms with van der Waals surface area (Å²) in [5.74, 6) is -0.658. The van der Waals surface area contributed by atoms with Crippen molar-refractivity contribution in [3.8, 4) is 11.3 Å². The average molecular weight is 356 g/mol. The number of nitro groups is 1. The predicted octanol–water partition coefficient (Wildman–Crippen LogP) is 4.05. The van der Waals surface area contributed by atoms with E-state index in [4.69, 9.17) is 9.26 Å². The molecule has 1 aromatic heterocycles. The minimum Gasteiger partial charge on any atom is -0.455 e. The van der Waals surface area contributed by atoms with Gasteiger partial charge in [0.25, 0.3) is 5.69 Å². The van der Waals surface area contributed by atoms with Crippen molar-refractivity contribution in [2.75, 3.05) is 0 Å². The van der Waals surface area contributed by atoms with Gasteiger partial charge in [-0.1, -0.05) is 11.2 Å². The minimum absolute atomic E-state index is 0.112. The van der Waals surface area contributed by atoms with Crippen LogP contribution in [0.4, 0.5) is 10.1 Å². The smallest absolute Gasteiger partial charge is 0.339 e. The fourth-order valence-corrected chi connectivity index (χ4v) is 2.39. The first-order chi connectivity index (χ1) is 12.5. The topological polar surface area (TPSA) is 95.5 Å². The van der Waals surface area contributed by atoms with Gasteiger partial charge in [0, 0.05) is 23.3 Å². The summed E-state index contributed by atoms with van der Waals surface area (Å²) < 4.78 is 23.2. The molecule has 0 aliphatic rings. The summed E-state index contributed by atoms with van der Waals surface area (Å²) in [4.78, 5) is 22.6. The maximum Gasteiger partial charge on any atom is 0.339 e. The molecule has 132 valence electrons. The fourth-order valence-electron chi connectivity index (χ4n) is 2.39. The van der Waals surface area contributed by atoms with Crippen LogP contribution in [0.2, 0.25) is 0 Å². The quantitative estimate of drug-likeness (QED) is 0.389. The Morgan fingerprint density at radius 2 is 2.00 bits per heavy atom. The van der Waals surface area contributed by atoms with E-state index in [0.29, 0.717) is 17.0 Å². The summed E-state index contributed by atoms with van der Waals surface area (Å²) in [5.41, 5.74) is 1.18. The molecule has 8 heteroatoms. The Kier molecular flexibility index (Phi) is 4.74. The number of hydrogen-bond donors (Lipinski definition) is 0. The normalized spacial score (nSPS) is 10.5. The summed E-state index contributed by atoms with van der Waals surface area (Å²) in [6.07, 6.45) is 0. The molecule has 2 aromatic carbocycles. The Balaban J connectivity index is 1.70. The summed E-state index contributed by atoms with van der Waals surface area (Å²) >= 11 is 0. The molecule has 0 bridgehead atoms. The molecule has 0 aliphatic carbocycles. The van der Waals surface area contributed by atoms with Gasteiger partial charge in [0.2, 0.25) is 0 Å². The van der Waals surface area contributed by atoms with Gasteiger partial charge in [-0.15, -0.1) is 0 Å². The van der Waals surface area contributed by atoms with Crippen LogP contribution in [0, 0.1) is 22.9 Å². The Morgan fingerprint density at radius 3 is 2.69 bits per heavy atom. The van der Waals surface area contributed by atoms with E-state index in [1.807, 2.05) is 0 Å². The van der Waals surface area contributed by atoms with Gasteiger partial charge in [-0.2, -0.15) is 0 Å². The van der Waals surface area contributed by atoms with Crippen LogP contribution in [0.15, 0.2) is 53.1 Å². The van der Waals surface area contributed by atoms with Crippen LogP contribution in [0.1, 0.15) is 21.6 Å². The number of ether oxygens (including phenoxy) is 1. The van der Waals surface area contributed by atoms with Crippen molar-refractivity contribution < 1.29 is 23.4 Å². The van der Waals surface area contributed by atoms with Crippen molar-refractivity contribution >= 4 is 11.7 Å². The third kappa shape index (κ3) is 3.59. The van der Waals surface area contributed by atoms with Crippen LogP contribution >= 0.6 is 0 Å². The summed E-state index contributed by atoms with van der Waals surface area (Å²) in [5, 5.41) is 14.7. The molecule has 0 aliphatic heterocycles. The molecular formula is C18H13FN2O5. The van der Waals surface area contributed by atoms with E-state index in [1.165, 1.54) is 49.4 Å². The lowest BCUT2D eigenvalue weighted by Gasteiger charge is -2.05. The molecule has 0 radical (unpaired) electrons. The van der Waals surface area contributed by atoms with Gasteiger partial charge >= 0.3 is 5.97 Å². The SMILES string of the molecule is Cc1c(C(=O)OCc2cc(-c3ccc(F)cc3)on2)cccc1[N+](=O)[O-]. The second-order valence-electron chi connectivity index (χ2n) is 5.47. The zero-order chi connectivity index (χ0) is 18.7. The second kappa shape index (κ2) is 7.14. The lowest BCUT2D eigenvalue weighted by molar-refractivity contribution is -0.385. The first-order valence-corrected chi connectivity index (χ1v) is 7.58. The van der Waals surface area contributed by atoms with Crippen molar-refractivity contribution in [2.24, 2.45) is 0 Å². The lowest BCUT2D eigenvalue weighted by atomic mass is 10.1. The van der Waals surface area contributed by atoms with Crippen molar-refractivity contribution in [1.29, 1.82) is 0 Å². The van der Waals surface area contributed by atoms with E-state index in [0.717, 1.165) is 0 Å². The molecule has 0 amide bonds. The van der Waals surface area contributed by atoms with E-state index in [2.05, 4.69) is 5.16 Å². The lowest BCUT2D eigenvalue weighted by Crippen LogP contribution is -2.08. The number of halogens is 1. The Morgan fingerprint density at radius 1 is 1.27 bits per heavy atom. The highest BCUT2D eigenvalue weighted by molar-refractivity contribution is 5.92. The largest absolute Gasteiger partial charge is 0.455 e. The number of carbonyl (C=O) groups excluding carboxylic acids is 1. The summed E-state index contributed by atoms with van der Waals surface area (Å²) in [6, 6.07) is 11.4. The predicted molar refractivity (Wildman–Crippen MR) is 88.8 cm³/mol. The molecule has 0 atom stereocenters. The number of aromatic nitrogens is 1. The zero-order valence-electron chi connectivity index (χ0n) is 13.6. The van der Waals surface area contributed by atoms with E-state index in [1.54, 1.807) is 6.07 Å². The molecule has 0 saturated carbocycles. The van der Waals surface area contributed by atoms with Crippen LogP contribution in [-0.4, -0.2) is 16.0 Å². The first kappa shape index (κ1) is 17.3. The van der Waals surface area contributed by atoms with Crippen LogP contribution in [0.3, 0.4) is 0 Å². The summed E-state index contributed by atoms with van der Waals surface area (Å²) in [6.45, 7) is 1.32. The third-order valence-corrected chi connectivity index (χ3v) is 3.76. The van der Waals surface area contributed by atoms with Crippen LogP contribution in [0.25, 0.3) is 11.3 Å².